The lowest BCUT2D eigenvalue weighted by Gasteiger charge is -2.17. The van der Waals surface area contributed by atoms with Crippen molar-refractivity contribution in [3.05, 3.63) is 34.9 Å². The highest BCUT2D eigenvalue weighted by atomic mass is 35.5. The van der Waals surface area contributed by atoms with Gasteiger partial charge in [-0.2, -0.15) is 0 Å². The van der Waals surface area contributed by atoms with E-state index in [1.165, 1.54) is 6.26 Å². The van der Waals surface area contributed by atoms with Crippen molar-refractivity contribution >= 4 is 21.4 Å². The van der Waals surface area contributed by atoms with Crippen molar-refractivity contribution < 1.29 is 8.42 Å². The van der Waals surface area contributed by atoms with Gasteiger partial charge >= 0.3 is 0 Å². The predicted molar refractivity (Wildman–Crippen MR) is 72.3 cm³/mol. The van der Waals surface area contributed by atoms with E-state index in [9.17, 15) is 8.42 Å². The summed E-state index contributed by atoms with van der Waals surface area (Å²) in [5.41, 5.74) is 0.976. The summed E-state index contributed by atoms with van der Waals surface area (Å²) in [5, 5.41) is 3.86. The van der Waals surface area contributed by atoms with Crippen LogP contribution in [0.4, 0.5) is 0 Å². The normalized spacial score (nSPS) is 13.6. The van der Waals surface area contributed by atoms with Gasteiger partial charge in [0.1, 0.15) is 9.84 Å². The van der Waals surface area contributed by atoms with Crippen LogP contribution in [0.3, 0.4) is 0 Å². The van der Waals surface area contributed by atoms with E-state index < -0.39 is 9.84 Å². The fourth-order valence-electron chi connectivity index (χ4n) is 1.77. The van der Waals surface area contributed by atoms with Gasteiger partial charge in [-0.15, -0.1) is 0 Å². The van der Waals surface area contributed by atoms with E-state index in [1.54, 1.807) is 0 Å². The topological polar surface area (TPSA) is 46.2 Å². The van der Waals surface area contributed by atoms with Crippen LogP contribution in [0.25, 0.3) is 0 Å². The summed E-state index contributed by atoms with van der Waals surface area (Å²) in [4.78, 5) is 0. The van der Waals surface area contributed by atoms with Gasteiger partial charge < -0.3 is 5.32 Å². The number of hydrogen-bond donors (Lipinski definition) is 1. The third kappa shape index (κ3) is 5.52. The monoisotopic (exact) mass is 275 g/mol. The number of rotatable bonds is 6. The van der Waals surface area contributed by atoms with E-state index in [2.05, 4.69) is 5.32 Å². The molecule has 0 amide bonds. The Morgan fingerprint density at radius 3 is 2.53 bits per heavy atom. The molecule has 17 heavy (non-hydrogen) atoms. The number of nitrogens with one attached hydrogen (secondary N) is 1. The van der Waals surface area contributed by atoms with Crippen LogP contribution in [-0.2, 0) is 16.3 Å². The maximum atomic E-state index is 11.3. The molecule has 0 radical (unpaired) electrons. The first-order chi connectivity index (χ1) is 7.92. The van der Waals surface area contributed by atoms with E-state index in [-0.39, 0.29) is 11.8 Å². The van der Waals surface area contributed by atoms with Crippen LogP contribution < -0.4 is 5.32 Å². The molecule has 3 nitrogen and oxygen atoms in total. The minimum atomic E-state index is -2.98. The fraction of sp³-hybridized carbons (Fsp3) is 0.500. The summed E-state index contributed by atoms with van der Waals surface area (Å²) < 4.78 is 22.6. The van der Waals surface area contributed by atoms with E-state index >= 15 is 0 Å². The summed E-state index contributed by atoms with van der Waals surface area (Å²) in [6.45, 7) is 2.70. The highest BCUT2D eigenvalue weighted by Gasteiger charge is 2.15. The van der Waals surface area contributed by atoms with Gasteiger partial charge in [0.2, 0.25) is 0 Å². The van der Waals surface area contributed by atoms with E-state index in [4.69, 9.17) is 11.6 Å². The van der Waals surface area contributed by atoms with Crippen molar-refractivity contribution in [1.29, 1.82) is 0 Å². The van der Waals surface area contributed by atoms with Gasteiger partial charge in [-0.3, -0.25) is 0 Å². The Kier molecular flexibility index (Phi) is 5.43. The zero-order valence-corrected chi connectivity index (χ0v) is 11.7. The fourth-order valence-corrected chi connectivity index (χ4v) is 2.95. The van der Waals surface area contributed by atoms with Crippen LogP contribution in [0, 0.1) is 0 Å². The molecule has 1 aromatic rings. The largest absolute Gasteiger partial charge is 0.313 e. The smallest absolute Gasteiger partial charge is 0.148 e. The Morgan fingerprint density at radius 2 is 2.00 bits per heavy atom. The van der Waals surface area contributed by atoms with Crippen LogP contribution in [-0.4, -0.2) is 33.0 Å². The summed E-state index contributed by atoms with van der Waals surface area (Å²) in [6.07, 6.45) is 1.88. The first kappa shape index (κ1) is 14.5. The summed E-state index contributed by atoms with van der Waals surface area (Å²) in [5.74, 6) is 0.131. The van der Waals surface area contributed by atoms with E-state index in [1.807, 2.05) is 31.2 Å². The summed E-state index contributed by atoms with van der Waals surface area (Å²) in [6, 6.07) is 7.43. The SMILES string of the molecule is CCNC(Cc1ccccc1Cl)CS(C)(=O)=O. The summed E-state index contributed by atoms with van der Waals surface area (Å²) in [7, 11) is -2.98. The molecule has 0 aromatic heterocycles. The van der Waals surface area contributed by atoms with Gasteiger partial charge in [0.15, 0.2) is 0 Å². The first-order valence-corrected chi connectivity index (χ1v) is 8.00. The Morgan fingerprint density at radius 1 is 1.35 bits per heavy atom. The van der Waals surface area contributed by atoms with Gasteiger partial charge in [-0.05, 0) is 24.6 Å². The van der Waals surface area contributed by atoms with Crippen molar-refractivity contribution in [2.45, 2.75) is 19.4 Å². The quantitative estimate of drug-likeness (QED) is 0.863. The highest BCUT2D eigenvalue weighted by molar-refractivity contribution is 7.90. The standard InChI is InChI=1S/C12H18ClNO2S/c1-3-14-11(9-17(2,15)16)8-10-6-4-5-7-12(10)13/h4-7,11,14H,3,8-9H2,1-2H3. The lowest BCUT2D eigenvalue weighted by Crippen LogP contribution is -2.37. The van der Waals surface area contributed by atoms with Crippen LogP contribution in [0.2, 0.25) is 5.02 Å². The molecule has 0 saturated carbocycles. The van der Waals surface area contributed by atoms with E-state index in [0.29, 0.717) is 11.4 Å². The van der Waals surface area contributed by atoms with Crippen molar-refractivity contribution in [1.82, 2.24) is 5.32 Å². The van der Waals surface area contributed by atoms with Crippen molar-refractivity contribution in [2.24, 2.45) is 0 Å². The Balaban J connectivity index is 2.77. The van der Waals surface area contributed by atoms with Crippen molar-refractivity contribution in [3.8, 4) is 0 Å². The molecule has 0 bridgehead atoms. The lowest BCUT2D eigenvalue weighted by molar-refractivity contribution is 0.545. The molecule has 0 spiro atoms. The Hall–Kier alpha value is -0.580. The predicted octanol–water partition coefficient (Wildman–Crippen LogP) is 1.91. The lowest BCUT2D eigenvalue weighted by atomic mass is 10.1. The molecule has 0 fully saturated rings. The Labute approximate surface area is 108 Å². The van der Waals surface area contributed by atoms with Gasteiger partial charge in [-0.25, -0.2) is 8.42 Å². The number of hydrogen-bond acceptors (Lipinski definition) is 3. The molecule has 1 unspecified atom stereocenters. The molecular formula is C12H18ClNO2S. The van der Waals surface area contributed by atoms with Gasteiger partial charge in [0.25, 0.3) is 0 Å². The minimum absolute atomic E-state index is 0.0881. The second kappa shape index (κ2) is 6.38. The zero-order valence-electron chi connectivity index (χ0n) is 10.1. The molecule has 0 aliphatic rings. The van der Waals surface area contributed by atoms with Gasteiger partial charge in [0.05, 0.1) is 5.75 Å². The minimum Gasteiger partial charge on any atom is -0.313 e. The summed E-state index contributed by atoms with van der Waals surface area (Å²) >= 11 is 6.06. The second-order valence-electron chi connectivity index (χ2n) is 4.14. The maximum Gasteiger partial charge on any atom is 0.148 e. The van der Waals surface area contributed by atoms with Gasteiger partial charge in [0, 0.05) is 17.3 Å². The molecule has 0 aliphatic carbocycles. The molecule has 0 saturated heterocycles. The number of likely N-dealkylation sites (N-methyl/N-ethyl adjacent to an activating group) is 1. The third-order valence-corrected chi connectivity index (χ3v) is 3.80. The molecule has 96 valence electrons. The van der Waals surface area contributed by atoms with Crippen LogP contribution in [0.15, 0.2) is 24.3 Å². The highest BCUT2D eigenvalue weighted by Crippen LogP contribution is 2.17. The molecule has 1 rings (SSSR count). The second-order valence-corrected chi connectivity index (χ2v) is 6.73. The molecule has 1 aromatic carbocycles. The number of sulfone groups is 1. The molecule has 0 aliphatic heterocycles. The average Bonchev–Trinajstić information content (AvgIpc) is 2.19. The third-order valence-electron chi connectivity index (χ3n) is 2.42. The number of benzene rings is 1. The van der Waals surface area contributed by atoms with Gasteiger partial charge in [-0.1, -0.05) is 36.7 Å². The van der Waals surface area contributed by atoms with E-state index in [0.717, 1.165) is 12.1 Å². The molecular weight excluding hydrogens is 258 g/mol. The molecule has 5 heteroatoms. The van der Waals surface area contributed by atoms with Crippen LogP contribution in [0.5, 0.6) is 0 Å². The molecule has 0 heterocycles. The zero-order chi connectivity index (χ0) is 12.9. The molecule has 1 atom stereocenters. The average molecular weight is 276 g/mol. The number of halogens is 1. The van der Waals surface area contributed by atoms with Crippen molar-refractivity contribution in [2.75, 3.05) is 18.6 Å². The van der Waals surface area contributed by atoms with Crippen molar-refractivity contribution in [3.63, 3.8) is 0 Å². The van der Waals surface area contributed by atoms with Crippen LogP contribution in [0.1, 0.15) is 12.5 Å². The van der Waals surface area contributed by atoms with Crippen LogP contribution >= 0.6 is 11.6 Å². The maximum absolute atomic E-state index is 11.3. The first-order valence-electron chi connectivity index (χ1n) is 5.57. The molecule has 1 N–H and O–H groups in total. The Bertz CT molecular complexity index is 459.